The lowest BCUT2D eigenvalue weighted by Gasteiger charge is -2.56. The molecular weight excluding hydrogens is 569 g/mol. The van der Waals surface area contributed by atoms with Gasteiger partial charge in [-0.25, -0.2) is 14.4 Å². The van der Waals surface area contributed by atoms with Crippen LogP contribution in [-0.2, 0) is 35.9 Å². The molecule has 12 heteroatoms. The number of benzene rings is 2. The summed E-state index contributed by atoms with van der Waals surface area (Å²) in [4.78, 5) is 42.6. The van der Waals surface area contributed by atoms with Crippen molar-refractivity contribution in [2.45, 2.75) is 75.7 Å². The Balaban J connectivity index is 1.66. The van der Waals surface area contributed by atoms with E-state index in [1.54, 1.807) is 45.0 Å². The van der Waals surface area contributed by atoms with Gasteiger partial charge in [-0.05, 0) is 45.6 Å². The minimum atomic E-state index is -5.20. The molecule has 0 bridgehead atoms. The van der Waals surface area contributed by atoms with Crippen LogP contribution < -0.4 is 0 Å². The maximum absolute atomic E-state index is 14.7. The summed E-state index contributed by atoms with van der Waals surface area (Å²) in [5, 5.41) is 0. The molecule has 0 spiro atoms. The lowest BCUT2D eigenvalue weighted by Crippen LogP contribution is -2.75. The molecule has 2 atom stereocenters. The number of hydrogen-bond donors (Lipinski definition) is 0. The zero-order chi connectivity index (χ0) is 31.5. The Hall–Kier alpha value is -3.80. The Morgan fingerprint density at radius 2 is 1.51 bits per heavy atom. The number of carbonyl (C=O) groups is 3. The van der Waals surface area contributed by atoms with Crippen LogP contribution in [-0.4, -0.2) is 78.1 Å². The van der Waals surface area contributed by atoms with Gasteiger partial charge < -0.3 is 23.8 Å². The largest absolute Gasteiger partial charge is 0.450 e. The van der Waals surface area contributed by atoms with E-state index < -0.39 is 52.7 Å². The fraction of sp³-hybridized carbons (Fsp3) is 0.516. The summed E-state index contributed by atoms with van der Waals surface area (Å²) >= 11 is 0. The van der Waals surface area contributed by atoms with Crippen molar-refractivity contribution >= 4 is 18.2 Å². The van der Waals surface area contributed by atoms with E-state index in [0.717, 1.165) is 24.8 Å². The summed E-state index contributed by atoms with van der Waals surface area (Å²) in [6, 6.07) is 14.6. The molecule has 234 valence electrons. The van der Waals surface area contributed by atoms with Gasteiger partial charge >= 0.3 is 24.3 Å². The molecule has 0 radical (unpaired) electrons. The summed E-state index contributed by atoms with van der Waals surface area (Å²) < 4.78 is 65.9. The van der Waals surface area contributed by atoms with E-state index in [-0.39, 0.29) is 26.2 Å². The molecule has 2 aromatic carbocycles. The van der Waals surface area contributed by atoms with E-state index in [1.807, 2.05) is 6.07 Å². The van der Waals surface area contributed by atoms with Crippen LogP contribution in [0.25, 0.3) is 0 Å². The lowest BCUT2D eigenvalue weighted by molar-refractivity contribution is -0.288. The average molecular weight is 607 g/mol. The number of alkyl halides is 3. The van der Waals surface area contributed by atoms with Crippen molar-refractivity contribution < 1.29 is 46.5 Å². The third-order valence-electron chi connectivity index (χ3n) is 7.59. The summed E-state index contributed by atoms with van der Waals surface area (Å²) in [5.41, 5.74) is -5.68. The van der Waals surface area contributed by atoms with Gasteiger partial charge in [-0.3, -0.25) is 4.90 Å². The Kier molecular flexibility index (Phi) is 9.29. The first-order chi connectivity index (χ1) is 20.2. The molecule has 4 rings (SSSR count). The molecule has 2 aliphatic heterocycles. The van der Waals surface area contributed by atoms with Crippen molar-refractivity contribution in [3.05, 3.63) is 71.8 Å². The topological polar surface area (TPSA) is 94.6 Å². The first kappa shape index (κ1) is 32.1. The molecule has 0 aliphatic carbocycles. The van der Waals surface area contributed by atoms with Gasteiger partial charge in [0.15, 0.2) is 5.60 Å². The Bertz CT molecular complexity index is 1280. The second-order valence-corrected chi connectivity index (χ2v) is 11.8. The van der Waals surface area contributed by atoms with Crippen LogP contribution in [0.15, 0.2) is 60.7 Å². The second kappa shape index (κ2) is 12.4. The number of piperidine rings is 1. The van der Waals surface area contributed by atoms with Gasteiger partial charge in [-0.15, -0.1) is 0 Å². The summed E-state index contributed by atoms with van der Waals surface area (Å²) in [7, 11) is 0.788. The third kappa shape index (κ3) is 6.74. The maximum atomic E-state index is 14.7. The Labute approximate surface area is 248 Å². The highest BCUT2D eigenvalue weighted by atomic mass is 19.4. The summed E-state index contributed by atoms with van der Waals surface area (Å²) in [5.74, 6) is -1.69. The van der Waals surface area contributed by atoms with Crippen LogP contribution >= 0.6 is 0 Å². The molecule has 43 heavy (non-hydrogen) atoms. The van der Waals surface area contributed by atoms with Crippen molar-refractivity contribution in [2.24, 2.45) is 0 Å². The third-order valence-corrected chi connectivity index (χ3v) is 7.59. The van der Waals surface area contributed by atoms with Crippen LogP contribution in [0.3, 0.4) is 0 Å². The molecule has 2 aliphatic rings. The first-order valence-corrected chi connectivity index (χ1v) is 14.1. The van der Waals surface area contributed by atoms with Crippen LogP contribution in [0.2, 0.25) is 0 Å². The van der Waals surface area contributed by atoms with Gasteiger partial charge in [0.1, 0.15) is 12.2 Å². The van der Waals surface area contributed by atoms with Crippen molar-refractivity contribution in [2.75, 3.05) is 26.7 Å². The number of esters is 1. The van der Waals surface area contributed by atoms with Gasteiger partial charge in [-0.1, -0.05) is 60.7 Å². The smallest absolute Gasteiger partial charge is 0.432 e. The van der Waals surface area contributed by atoms with E-state index in [4.69, 9.17) is 18.9 Å². The molecule has 2 amide bonds. The predicted molar refractivity (Wildman–Crippen MR) is 149 cm³/mol. The molecule has 0 aromatic heterocycles. The van der Waals surface area contributed by atoms with Gasteiger partial charge in [0.2, 0.25) is 0 Å². The van der Waals surface area contributed by atoms with Crippen molar-refractivity contribution in [1.82, 2.24) is 9.80 Å². The van der Waals surface area contributed by atoms with Crippen LogP contribution in [0, 0.1) is 0 Å². The monoisotopic (exact) mass is 606 g/mol. The number of ether oxygens (including phenoxy) is 4. The molecule has 2 fully saturated rings. The molecule has 2 saturated heterocycles. The van der Waals surface area contributed by atoms with Crippen LogP contribution in [0.1, 0.15) is 51.2 Å². The van der Waals surface area contributed by atoms with E-state index >= 15 is 0 Å². The van der Waals surface area contributed by atoms with Crippen molar-refractivity contribution in [1.29, 1.82) is 0 Å². The Morgan fingerprint density at radius 3 is 2.07 bits per heavy atom. The number of hydrogen-bond acceptors (Lipinski definition) is 7. The second-order valence-electron chi connectivity index (χ2n) is 11.8. The fourth-order valence-electron chi connectivity index (χ4n) is 5.54. The van der Waals surface area contributed by atoms with Gasteiger partial charge in [0, 0.05) is 19.2 Å². The molecule has 2 aromatic rings. The number of halogens is 3. The maximum Gasteiger partial charge on any atom is 0.432 e. The standard InChI is InChI=1S/C31H37F3N2O7/c1-28(2,3)43-27(39)36-18-12-11-17-24(36)29(20-35(21-29)26(38)41-19-22-13-7-5-8-14-22)42-25(37)30(40-4,31(32,33)34)23-15-9-6-10-16-23/h5-10,13-16,24H,11-12,17-21H2,1-4H3/t24-,30?/m0/s1. The highest BCUT2D eigenvalue weighted by Crippen LogP contribution is 2.46. The van der Waals surface area contributed by atoms with E-state index in [0.29, 0.717) is 19.3 Å². The highest BCUT2D eigenvalue weighted by Gasteiger charge is 2.67. The molecular formula is C31H37F3N2O7. The van der Waals surface area contributed by atoms with E-state index in [1.165, 1.54) is 28.0 Å². The number of rotatable bonds is 7. The zero-order valence-electron chi connectivity index (χ0n) is 24.7. The fourth-order valence-corrected chi connectivity index (χ4v) is 5.54. The van der Waals surface area contributed by atoms with Gasteiger partial charge in [0.25, 0.3) is 5.60 Å². The average Bonchev–Trinajstić information content (AvgIpc) is 2.93. The highest BCUT2D eigenvalue weighted by molar-refractivity contribution is 5.83. The molecule has 1 unspecified atom stereocenters. The number of likely N-dealkylation sites (tertiary alicyclic amines) is 2. The number of methoxy groups -OCH3 is 1. The lowest BCUT2D eigenvalue weighted by atomic mass is 9.80. The van der Waals surface area contributed by atoms with Crippen LogP contribution in [0.4, 0.5) is 22.8 Å². The van der Waals surface area contributed by atoms with E-state index in [9.17, 15) is 27.6 Å². The molecule has 9 nitrogen and oxygen atoms in total. The number of amides is 2. The number of nitrogens with zero attached hydrogens (tertiary/aromatic N) is 2. The van der Waals surface area contributed by atoms with Gasteiger partial charge in [0.05, 0.1) is 19.1 Å². The molecule has 0 N–H and O–H groups in total. The van der Waals surface area contributed by atoms with Crippen LogP contribution in [0.5, 0.6) is 0 Å². The predicted octanol–water partition coefficient (Wildman–Crippen LogP) is 5.81. The minimum absolute atomic E-state index is 0.0225. The zero-order valence-corrected chi connectivity index (χ0v) is 24.7. The summed E-state index contributed by atoms with van der Waals surface area (Å²) in [6.45, 7) is 4.73. The molecule has 0 saturated carbocycles. The Morgan fingerprint density at radius 1 is 0.907 bits per heavy atom. The van der Waals surface area contributed by atoms with Crippen molar-refractivity contribution in [3.63, 3.8) is 0 Å². The minimum Gasteiger partial charge on any atom is -0.450 e. The first-order valence-electron chi connectivity index (χ1n) is 14.1. The number of carbonyl (C=O) groups excluding carboxylic acids is 3. The van der Waals surface area contributed by atoms with Crippen molar-refractivity contribution in [3.8, 4) is 0 Å². The van der Waals surface area contributed by atoms with E-state index in [2.05, 4.69) is 0 Å². The van der Waals surface area contributed by atoms with Gasteiger partial charge in [-0.2, -0.15) is 13.2 Å². The summed E-state index contributed by atoms with van der Waals surface area (Å²) in [6.07, 6.45) is -5.05. The SMILES string of the molecule is COC(C(=O)OC1([C@@H]2CCCCN2C(=O)OC(C)(C)C)CN(C(=O)OCc2ccccc2)C1)(c1ccccc1)C(F)(F)F. The quantitative estimate of drug-likeness (QED) is 0.290. The normalized spacial score (nSPS) is 19.9. The molecule has 2 heterocycles.